The van der Waals surface area contributed by atoms with Crippen molar-refractivity contribution in [3.05, 3.63) is 22.7 Å². The number of carbonyl (C=O) groups excluding carboxylic acids is 1. The molecule has 0 atom stereocenters. The van der Waals surface area contributed by atoms with E-state index in [4.69, 9.17) is 0 Å². The van der Waals surface area contributed by atoms with Gasteiger partial charge in [0.05, 0.1) is 5.69 Å². The van der Waals surface area contributed by atoms with Crippen molar-refractivity contribution in [1.82, 2.24) is 20.6 Å². The Labute approximate surface area is 124 Å². The smallest absolute Gasteiger partial charge is 0.227 e. The molecular formula is C13H14BrN5O. The van der Waals surface area contributed by atoms with Gasteiger partial charge in [-0.05, 0) is 36.3 Å². The minimum atomic E-state index is 0.0783. The standard InChI is InChI=1S/C13H14BrN5O/c14-9-5-6-11(10(7-9)12-16-18-19-17-12)15-13(20)8-3-1-2-4-8/h5-8H,1-4H2,(H,15,20)(H,16,17,18,19). The van der Waals surface area contributed by atoms with Crippen LogP contribution in [0.4, 0.5) is 5.69 Å². The zero-order valence-electron chi connectivity index (χ0n) is 10.8. The van der Waals surface area contributed by atoms with Crippen molar-refractivity contribution >= 4 is 27.5 Å². The van der Waals surface area contributed by atoms with E-state index in [1.54, 1.807) is 0 Å². The fourth-order valence-electron chi connectivity index (χ4n) is 2.51. The zero-order valence-corrected chi connectivity index (χ0v) is 12.4. The van der Waals surface area contributed by atoms with Gasteiger partial charge in [0.25, 0.3) is 0 Å². The van der Waals surface area contributed by atoms with Crippen LogP contribution in [0.25, 0.3) is 11.4 Å². The number of aromatic amines is 1. The fraction of sp³-hybridized carbons (Fsp3) is 0.385. The molecule has 6 nitrogen and oxygen atoms in total. The SMILES string of the molecule is O=C(Nc1ccc(Br)cc1-c1nn[nH]n1)C1CCCC1. The number of nitrogens with zero attached hydrogens (tertiary/aromatic N) is 3. The van der Waals surface area contributed by atoms with Gasteiger partial charge in [0.15, 0.2) is 0 Å². The van der Waals surface area contributed by atoms with Crippen molar-refractivity contribution < 1.29 is 4.79 Å². The van der Waals surface area contributed by atoms with Crippen LogP contribution in [-0.2, 0) is 4.79 Å². The number of rotatable bonds is 3. The first-order valence-corrected chi connectivity index (χ1v) is 7.37. The predicted molar refractivity (Wildman–Crippen MR) is 77.9 cm³/mol. The molecule has 1 amide bonds. The van der Waals surface area contributed by atoms with Crippen LogP contribution < -0.4 is 5.32 Å². The summed E-state index contributed by atoms with van der Waals surface area (Å²) in [6, 6.07) is 5.60. The molecule has 1 fully saturated rings. The van der Waals surface area contributed by atoms with Gasteiger partial charge < -0.3 is 5.32 Å². The third kappa shape index (κ3) is 2.72. The highest BCUT2D eigenvalue weighted by Crippen LogP contribution is 2.31. The molecule has 1 aliphatic carbocycles. The van der Waals surface area contributed by atoms with Crippen molar-refractivity contribution in [2.24, 2.45) is 5.92 Å². The molecule has 2 N–H and O–H groups in total. The quantitative estimate of drug-likeness (QED) is 0.903. The molecule has 1 saturated carbocycles. The molecule has 0 saturated heterocycles. The minimum Gasteiger partial charge on any atom is -0.325 e. The number of tetrazole rings is 1. The Kier molecular flexibility index (Phi) is 3.77. The second kappa shape index (κ2) is 5.70. The molecule has 3 rings (SSSR count). The van der Waals surface area contributed by atoms with Gasteiger partial charge in [-0.15, -0.1) is 10.2 Å². The van der Waals surface area contributed by atoms with E-state index in [2.05, 4.69) is 41.9 Å². The van der Waals surface area contributed by atoms with Crippen molar-refractivity contribution in [2.45, 2.75) is 25.7 Å². The third-order valence-electron chi connectivity index (χ3n) is 3.55. The molecule has 0 spiro atoms. The van der Waals surface area contributed by atoms with Crippen LogP contribution in [0.5, 0.6) is 0 Å². The lowest BCUT2D eigenvalue weighted by molar-refractivity contribution is -0.119. The summed E-state index contributed by atoms with van der Waals surface area (Å²) in [6.45, 7) is 0. The highest BCUT2D eigenvalue weighted by molar-refractivity contribution is 9.10. The van der Waals surface area contributed by atoms with Gasteiger partial charge in [-0.3, -0.25) is 4.79 Å². The summed E-state index contributed by atoms with van der Waals surface area (Å²) >= 11 is 3.42. The van der Waals surface area contributed by atoms with Crippen LogP contribution in [-0.4, -0.2) is 26.5 Å². The Bertz CT molecular complexity index is 607. The lowest BCUT2D eigenvalue weighted by Crippen LogP contribution is -2.20. The van der Waals surface area contributed by atoms with Crippen molar-refractivity contribution in [3.63, 3.8) is 0 Å². The van der Waals surface area contributed by atoms with Gasteiger partial charge >= 0.3 is 0 Å². The molecule has 1 aromatic carbocycles. The largest absolute Gasteiger partial charge is 0.325 e. The van der Waals surface area contributed by atoms with Crippen LogP contribution in [0.15, 0.2) is 22.7 Å². The van der Waals surface area contributed by atoms with Crippen LogP contribution in [0.1, 0.15) is 25.7 Å². The molecule has 0 unspecified atom stereocenters. The maximum Gasteiger partial charge on any atom is 0.227 e. The third-order valence-corrected chi connectivity index (χ3v) is 4.04. The van der Waals surface area contributed by atoms with E-state index in [1.807, 2.05) is 18.2 Å². The van der Waals surface area contributed by atoms with E-state index in [-0.39, 0.29) is 11.8 Å². The lowest BCUT2D eigenvalue weighted by atomic mass is 10.1. The first kappa shape index (κ1) is 13.2. The Morgan fingerprint density at radius 2 is 2.15 bits per heavy atom. The van der Waals surface area contributed by atoms with E-state index < -0.39 is 0 Å². The van der Waals surface area contributed by atoms with Gasteiger partial charge in [0.1, 0.15) is 0 Å². The maximum absolute atomic E-state index is 12.2. The number of carbonyl (C=O) groups is 1. The highest BCUT2D eigenvalue weighted by Gasteiger charge is 2.23. The monoisotopic (exact) mass is 335 g/mol. The number of hydrogen-bond acceptors (Lipinski definition) is 4. The summed E-state index contributed by atoms with van der Waals surface area (Å²) in [5, 5.41) is 16.9. The van der Waals surface area contributed by atoms with Gasteiger partial charge in [-0.25, -0.2) is 0 Å². The average Bonchev–Trinajstić information content (AvgIpc) is 3.13. The second-order valence-corrected chi connectivity index (χ2v) is 5.81. The number of benzene rings is 1. The van der Waals surface area contributed by atoms with Gasteiger partial charge in [-0.1, -0.05) is 28.8 Å². The first-order valence-electron chi connectivity index (χ1n) is 6.58. The lowest BCUT2D eigenvalue weighted by Gasteiger charge is -2.13. The molecule has 1 aliphatic rings. The first-order chi connectivity index (χ1) is 9.74. The molecule has 1 heterocycles. The average molecular weight is 336 g/mol. The molecule has 7 heteroatoms. The molecule has 0 radical (unpaired) electrons. The number of H-pyrrole nitrogens is 1. The van der Waals surface area contributed by atoms with E-state index >= 15 is 0 Å². The summed E-state index contributed by atoms with van der Waals surface area (Å²) in [5.74, 6) is 0.666. The Balaban J connectivity index is 1.87. The summed E-state index contributed by atoms with van der Waals surface area (Å²) in [7, 11) is 0. The number of amides is 1. The van der Waals surface area contributed by atoms with Crippen molar-refractivity contribution in [2.75, 3.05) is 5.32 Å². The molecule has 0 bridgehead atoms. The molecule has 1 aromatic heterocycles. The van der Waals surface area contributed by atoms with Gasteiger partial charge in [0, 0.05) is 16.0 Å². The normalized spacial score (nSPS) is 15.4. The fourth-order valence-corrected chi connectivity index (χ4v) is 2.87. The molecule has 104 valence electrons. The summed E-state index contributed by atoms with van der Waals surface area (Å²) in [5.41, 5.74) is 1.46. The van der Waals surface area contributed by atoms with E-state index in [0.717, 1.165) is 35.7 Å². The van der Waals surface area contributed by atoms with Crippen LogP contribution in [0.3, 0.4) is 0 Å². The Hall–Kier alpha value is -1.76. The molecule has 0 aliphatic heterocycles. The Morgan fingerprint density at radius 1 is 1.35 bits per heavy atom. The second-order valence-electron chi connectivity index (χ2n) is 4.90. The van der Waals surface area contributed by atoms with Crippen LogP contribution in [0, 0.1) is 5.92 Å². The summed E-state index contributed by atoms with van der Waals surface area (Å²) < 4.78 is 0.899. The van der Waals surface area contributed by atoms with E-state index in [0.29, 0.717) is 11.5 Å². The van der Waals surface area contributed by atoms with E-state index in [1.165, 1.54) is 0 Å². The van der Waals surface area contributed by atoms with Crippen LogP contribution >= 0.6 is 15.9 Å². The zero-order chi connectivity index (χ0) is 13.9. The van der Waals surface area contributed by atoms with Gasteiger partial charge in [-0.2, -0.15) is 5.21 Å². The molecule has 20 heavy (non-hydrogen) atoms. The number of anilines is 1. The molecular weight excluding hydrogens is 322 g/mol. The summed E-state index contributed by atoms with van der Waals surface area (Å²) in [4.78, 5) is 12.2. The minimum absolute atomic E-state index is 0.0783. The summed E-state index contributed by atoms with van der Waals surface area (Å²) in [6.07, 6.45) is 4.21. The van der Waals surface area contributed by atoms with Crippen molar-refractivity contribution in [1.29, 1.82) is 0 Å². The predicted octanol–water partition coefficient (Wildman–Crippen LogP) is 2.76. The number of aromatic nitrogens is 4. The Morgan fingerprint density at radius 3 is 2.85 bits per heavy atom. The molecule has 2 aromatic rings. The van der Waals surface area contributed by atoms with Crippen molar-refractivity contribution in [3.8, 4) is 11.4 Å². The number of halogens is 1. The van der Waals surface area contributed by atoms with Gasteiger partial charge in [0.2, 0.25) is 11.7 Å². The maximum atomic E-state index is 12.2. The highest BCUT2D eigenvalue weighted by atomic mass is 79.9. The number of hydrogen-bond donors (Lipinski definition) is 2. The van der Waals surface area contributed by atoms with Crippen LogP contribution in [0.2, 0.25) is 0 Å². The topological polar surface area (TPSA) is 83.6 Å². The number of nitrogens with one attached hydrogen (secondary N) is 2. The van der Waals surface area contributed by atoms with E-state index in [9.17, 15) is 4.79 Å².